The van der Waals surface area contributed by atoms with Crippen LogP contribution in [-0.4, -0.2) is 6.54 Å². The fourth-order valence-corrected chi connectivity index (χ4v) is 2.56. The van der Waals surface area contributed by atoms with Crippen molar-refractivity contribution < 1.29 is 0 Å². The minimum absolute atomic E-state index is 0.450. The zero-order chi connectivity index (χ0) is 13.4. The highest BCUT2D eigenvalue weighted by Crippen LogP contribution is 2.26. The summed E-state index contributed by atoms with van der Waals surface area (Å²) in [6, 6.07) is 6.66. The molecule has 2 heteroatoms. The molecule has 0 spiro atoms. The highest BCUT2D eigenvalue weighted by molar-refractivity contribution is 6.30. The molecule has 102 valence electrons. The molecule has 0 saturated carbocycles. The molecule has 0 fully saturated rings. The minimum Gasteiger partial charge on any atom is -0.310 e. The third-order valence-corrected chi connectivity index (χ3v) is 3.65. The smallest absolute Gasteiger partial charge is 0.0409 e. The van der Waals surface area contributed by atoms with Gasteiger partial charge in [0.15, 0.2) is 0 Å². The van der Waals surface area contributed by atoms with Gasteiger partial charge < -0.3 is 5.32 Å². The standard InChI is InChI=1S/C16H26ClN/c1-4-6-7-8-9-16(18-5-2)15-12-14(17)11-10-13(15)3/h10-12,16,18H,4-9H2,1-3H3. The maximum Gasteiger partial charge on any atom is 0.0409 e. The van der Waals surface area contributed by atoms with Crippen LogP contribution in [0.4, 0.5) is 0 Å². The molecule has 1 N–H and O–H groups in total. The number of hydrogen-bond donors (Lipinski definition) is 1. The lowest BCUT2D eigenvalue weighted by atomic mass is 9.96. The second-order valence-electron chi connectivity index (χ2n) is 4.96. The van der Waals surface area contributed by atoms with Crippen LogP contribution in [0.1, 0.15) is 63.1 Å². The first-order valence-corrected chi connectivity index (χ1v) is 7.56. The molecule has 0 amide bonds. The van der Waals surface area contributed by atoms with Crippen LogP contribution in [0.15, 0.2) is 18.2 Å². The summed E-state index contributed by atoms with van der Waals surface area (Å²) in [5.41, 5.74) is 2.70. The normalized spacial score (nSPS) is 12.7. The van der Waals surface area contributed by atoms with E-state index >= 15 is 0 Å². The van der Waals surface area contributed by atoms with Gasteiger partial charge in [0.25, 0.3) is 0 Å². The molecular formula is C16H26ClN. The Balaban J connectivity index is 2.67. The monoisotopic (exact) mass is 267 g/mol. The van der Waals surface area contributed by atoms with Gasteiger partial charge in [-0.3, -0.25) is 0 Å². The molecule has 0 aromatic heterocycles. The average molecular weight is 268 g/mol. The van der Waals surface area contributed by atoms with Crippen molar-refractivity contribution in [2.45, 2.75) is 58.9 Å². The third kappa shape index (κ3) is 4.99. The van der Waals surface area contributed by atoms with Crippen LogP contribution < -0.4 is 5.32 Å². The maximum atomic E-state index is 6.12. The Morgan fingerprint density at radius 1 is 1.17 bits per heavy atom. The molecule has 0 aliphatic carbocycles. The summed E-state index contributed by atoms with van der Waals surface area (Å²) < 4.78 is 0. The minimum atomic E-state index is 0.450. The van der Waals surface area contributed by atoms with Crippen molar-refractivity contribution in [3.8, 4) is 0 Å². The van der Waals surface area contributed by atoms with E-state index in [0.29, 0.717) is 6.04 Å². The number of nitrogens with one attached hydrogen (secondary N) is 1. The van der Waals surface area contributed by atoms with Gasteiger partial charge in [-0.15, -0.1) is 0 Å². The molecule has 18 heavy (non-hydrogen) atoms. The Kier molecular flexibility index (Phi) is 7.38. The van der Waals surface area contributed by atoms with Gasteiger partial charge in [-0.1, -0.05) is 57.2 Å². The van der Waals surface area contributed by atoms with Gasteiger partial charge in [0.1, 0.15) is 0 Å². The predicted octanol–water partition coefficient (Wildman–Crippen LogP) is 5.27. The molecule has 0 aliphatic heterocycles. The first-order valence-electron chi connectivity index (χ1n) is 7.18. The van der Waals surface area contributed by atoms with Crippen molar-refractivity contribution >= 4 is 11.6 Å². The van der Waals surface area contributed by atoms with Gasteiger partial charge in [-0.05, 0) is 43.1 Å². The summed E-state index contributed by atoms with van der Waals surface area (Å²) >= 11 is 6.12. The first-order chi connectivity index (χ1) is 8.69. The van der Waals surface area contributed by atoms with E-state index < -0.39 is 0 Å². The van der Waals surface area contributed by atoms with Crippen molar-refractivity contribution in [1.29, 1.82) is 0 Å². The van der Waals surface area contributed by atoms with Gasteiger partial charge in [0.05, 0.1) is 0 Å². The lowest BCUT2D eigenvalue weighted by Gasteiger charge is -2.20. The topological polar surface area (TPSA) is 12.0 Å². The second-order valence-corrected chi connectivity index (χ2v) is 5.40. The number of benzene rings is 1. The summed E-state index contributed by atoms with van der Waals surface area (Å²) in [6.07, 6.45) is 6.46. The molecule has 1 aromatic rings. The van der Waals surface area contributed by atoms with E-state index in [2.05, 4.69) is 38.2 Å². The lowest BCUT2D eigenvalue weighted by molar-refractivity contribution is 0.480. The zero-order valence-electron chi connectivity index (χ0n) is 11.9. The molecule has 1 rings (SSSR count). The second kappa shape index (κ2) is 8.55. The quantitative estimate of drug-likeness (QED) is 0.633. The molecule has 1 unspecified atom stereocenters. The number of unbranched alkanes of at least 4 members (excludes halogenated alkanes) is 3. The Bertz CT molecular complexity index is 349. The van der Waals surface area contributed by atoms with E-state index in [4.69, 9.17) is 11.6 Å². The van der Waals surface area contributed by atoms with Crippen molar-refractivity contribution in [2.24, 2.45) is 0 Å². The summed E-state index contributed by atoms with van der Waals surface area (Å²) in [4.78, 5) is 0. The fraction of sp³-hybridized carbons (Fsp3) is 0.625. The average Bonchev–Trinajstić information content (AvgIpc) is 2.36. The SMILES string of the molecule is CCCCCCC(NCC)c1cc(Cl)ccc1C. The summed E-state index contributed by atoms with van der Waals surface area (Å²) in [5, 5.41) is 4.43. The van der Waals surface area contributed by atoms with E-state index in [1.807, 2.05) is 6.07 Å². The van der Waals surface area contributed by atoms with Crippen molar-refractivity contribution in [3.63, 3.8) is 0 Å². The maximum absolute atomic E-state index is 6.12. The van der Waals surface area contributed by atoms with E-state index in [0.717, 1.165) is 11.6 Å². The van der Waals surface area contributed by atoms with Crippen LogP contribution in [0.2, 0.25) is 5.02 Å². The highest BCUT2D eigenvalue weighted by atomic mass is 35.5. The van der Waals surface area contributed by atoms with Gasteiger partial charge in [0, 0.05) is 11.1 Å². The van der Waals surface area contributed by atoms with Crippen LogP contribution in [0, 0.1) is 6.92 Å². The van der Waals surface area contributed by atoms with Crippen LogP contribution in [-0.2, 0) is 0 Å². The van der Waals surface area contributed by atoms with E-state index in [-0.39, 0.29) is 0 Å². The Morgan fingerprint density at radius 2 is 1.94 bits per heavy atom. The Morgan fingerprint density at radius 3 is 2.61 bits per heavy atom. The Labute approximate surface area is 117 Å². The number of halogens is 1. The lowest BCUT2D eigenvalue weighted by Crippen LogP contribution is -2.21. The molecule has 1 aromatic carbocycles. The highest BCUT2D eigenvalue weighted by Gasteiger charge is 2.12. The van der Waals surface area contributed by atoms with Gasteiger partial charge in [-0.2, -0.15) is 0 Å². The molecule has 0 aliphatic rings. The zero-order valence-corrected chi connectivity index (χ0v) is 12.7. The fourth-order valence-electron chi connectivity index (χ4n) is 2.38. The molecule has 0 radical (unpaired) electrons. The third-order valence-electron chi connectivity index (χ3n) is 3.41. The molecular weight excluding hydrogens is 242 g/mol. The van der Waals surface area contributed by atoms with E-state index in [1.165, 1.54) is 43.2 Å². The van der Waals surface area contributed by atoms with Crippen LogP contribution in [0.3, 0.4) is 0 Å². The molecule has 0 heterocycles. The summed E-state index contributed by atoms with van der Waals surface area (Å²) in [6.45, 7) is 7.59. The number of aryl methyl sites for hydroxylation is 1. The van der Waals surface area contributed by atoms with Crippen LogP contribution >= 0.6 is 11.6 Å². The van der Waals surface area contributed by atoms with Gasteiger partial charge in [-0.25, -0.2) is 0 Å². The van der Waals surface area contributed by atoms with E-state index in [9.17, 15) is 0 Å². The predicted molar refractivity (Wildman–Crippen MR) is 81.4 cm³/mol. The van der Waals surface area contributed by atoms with Crippen molar-refractivity contribution in [3.05, 3.63) is 34.3 Å². The molecule has 1 atom stereocenters. The Hall–Kier alpha value is -0.530. The summed E-state index contributed by atoms with van der Waals surface area (Å²) in [7, 11) is 0. The molecule has 1 nitrogen and oxygen atoms in total. The van der Waals surface area contributed by atoms with E-state index in [1.54, 1.807) is 0 Å². The number of hydrogen-bond acceptors (Lipinski definition) is 1. The molecule has 0 saturated heterocycles. The molecule has 0 bridgehead atoms. The van der Waals surface area contributed by atoms with Crippen molar-refractivity contribution in [2.75, 3.05) is 6.54 Å². The van der Waals surface area contributed by atoms with Crippen molar-refractivity contribution in [1.82, 2.24) is 5.32 Å². The largest absolute Gasteiger partial charge is 0.310 e. The van der Waals surface area contributed by atoms with Gasteiger partial charge >= 0.3 is 0 Å². The van der Waals surface area contributed by atoms with Crippen LogP contribution in [0.25, 0.3) is 0 Å². The first kappa shape index (κ1) is 15.5. The van der Waals surface area contributed by atoms with Crippen LogP contribution in [0.5, 0.6) is 0 Å². The van der Waals surface area contributed by atoms with Gasteiger partial charge in [0.2, 0.25) is 0 Å². The summed E-state index contributed by atoms with van der Waals surface area (Å²) in [5.74, 6) is 0. The number of rotatable bonds is 8.